The average Bonchev–Trinajstić information content (AvgIpc) is 2.66. The van der Waals surface area contributed by atoms with Gasteiger partial charge in [-0.05, 0) is 104 Å². The average molecular weight is 811 g/mol. The highest BCUT2D eigenvalue weighted by Crippen LogP contribution is 2.86. The van der Waals surface area contributed by atoms with Crippen LogP contribution in [0.25, 0.3) is 0 Å². The van der Waals surface area contributed by atoms with Crippen molar-refractivity contribution in [3.05, 3.63) is 0 Å². The molecule has 6 atom stereocenters. The molecule has 1 rings (SSSR count). The molecule has 0 radical (unpaired) electrons. The van der Waals surface area contributed by atoms with Crippen molar-refractivity contribution in [3.8, 4) is 0 Å². The molecule has 0 saturated heterocycles. The van der Waals surface area contributed by atoms with Crippen LogP contribution in [0, 0.1) is 0 Å². The predicted octanol–water partition coefficient (Wildman–Crippen LogP) is 14.0. The third-order valence-corrected chi connectivity index (χ3v) is 33.3. The van der Waals surface area contributed by atoms with Gasteiger partial charge in [-0.3, -0.25) is 0 Å². The Hall–Kier alpha value is 6.63. The van der Waals surface area contributed by atoms with Gasteiger partial charge in [0, 0.05) is 0 Å². The number of halogens is 14. The molecule has 0 saturated carbocycles. The van der Waals surface area contributed by atoms with Crippen LogP contribution < -0.4 is 0 Å². The Bertz CT molecular complexity index is 564. The number of nitrogens with zero attached hydrogens (tertiary/aromatic N) is 7. The lowest BCUT2D eigenvalue weighted by atomic mass is 13.7. The lowest BCUT2D eigenvalue weighted by Crippen LogP contribution is -2.13. The zero-order valence-electron chi connectivity index (χ0n) is 11.6. The Balaban J connectivity index is 3.45. The van der Waals surface area contributed by atoms with Gasteiger partial charge in [-0.2, -0.15) is 0 Å². The van der Waals surface area contributed by atoms with E-state index in [2.05, 4.69) is 4.52 Å². The number of hydrogen-bond donors (Lipinski definition) is 0. The highest BCUT2D eigenvalue weighted by Gasteiger charge is 2.45. The minimum Gasteiger partial charge on any atom is -0.201 e. The van der Waals surface area contributed by atoms with Crippen LogP contribution in [0.15, 0.2) is 4.52 Å². The molecule has 28 heavy (non-hydrogen) atoms. The first-order valence-corrected chi connectivity index (χ1v) is 23.6. The summed E-state index contributed by atoms with van der Waals surface area (Å²) in [7, 11) is -12.6. The summed E-state index contributed by atoms with van der Waals surface area (Å²) in [6, 6.07) is 0. The molecule has 0 N–H and O–H groups in total. The van der Waals surface area contributed by atoms with Crippen molar-refractivity contribution in [2.75, 3.05) is 0 Å². The van der Waals surface area contributed by atoms with Gasteiger partial charge in [0.25, 0.3) is 0 Å². The monoisotopic (exact) mass is 804 g/mol. The fourth-order valence-corrected chi connectivity index (χ4v) is 27.0. The summed E-state index contributed by atoms with van der Waals surface area (Å²) >= 11 is 86.7. The summed E-state index contributed by atoms with van der Waals surface area (Å²) in [6.45, 7) is 0. The highest BCUT2D eigenvalue weighted by molar-refractivity contribution is 8.17. The van der Waals surface area contributed by atoms with Crippen molar-refractivity contribution >= 4 is 212 Å². The molecule has 0 fully saturated rings. The molecule has 0 aliphatic carbocycles. The van der Waals surface area contributed by atoms with Crippen molar-refractivity contribution in [1.29, 1.82) is 0 Å². The number of hydrogen-bond acceptors (Lipinski definition) is 7. The summed E-state index contributed by atoms with van der Waals surface area (Å²) in [5, 5.41) is 0. The van der Waals surface area contributed by atoms with Gasteiger partial charge in [0.1, 0.15) is 0 Å². The van der Waals surface area contributed by atoms with Crippen molar-refractivity contribution in [2.45, 2.75) is 0 Å². The molecule has 1 aliphatic heterocycles. The van der Waals surface area contributed by atoms with Crippen LogP contribution in [0.1, 0.15) is 0 Å². The van der Waals surface area contributed by atoms with E-state index in [0.717, 1.165) is 23.8 Å². The van der Waals surface area contributed by atoms with E-state index in [-0.39, 0.29) is 0 Å². The fraction of sp³-hybridized carbons (Fsp3) is 0. The van der Waals surface area contributed by atoms with E-state index in [0.29, 0.717) is 0 Å². The second-order valence-electron chi connectivity index (χ2n) is 3.43. The second kappa shape index (κ2) is 14.5. The maximum absolute atomic E-state index is 6.26. The first kappa shape index (κ1) is 32.7. The normalized spacial score (nSPS) is 40.2. The van der Waals surface area contributed by atoms with E-state index >= 15 is 0 Å². The first-order chi connectivity index (χ1) is 12.6. The zero-order valence-corrected chi connectivity index (χ0v) is 28.4. The minimum atomic E-state index is -3.53. The largest absolute Gasteiger partial charge is 0.231 e. The summed E-state index contributed by atoms with van der Waals surface area (Å²) in [6.07, 6.45) is 0. The molecule has 0 aromatic heterocycles. The van der Waals surface area contributed by atoms with Gasteiger partial charge >= 0.3 is 0 Å². The highest BCUT2D eigenvalue weighted by atomic mass is 35.9. The summed E-state index contributed by atoms with van der Waals surface area (Å²) < 4.78 is 9.22. The quantitative estimate of drug-likeness (QED) is 0.179. The van der Waals surface area contributed by atoms with E-state index in [9.17, 15) is 0 Å². The molecule has 1 aliphatic rings. The molecular weight excluding hydrogens is 811 g/mol. The van der Waals surface area contributed by atoms with E-state index in [1.54, 1.807) is 0 Å². The topological polar surface area (TPSA) is 31.8 Å². The summed E-state index contributed by atoms with van der Waals surface area (Å²) in [4.78, 5) is 0. The Morgan fingerprint density at radius 2 is 0.786 bits per heavy atom. The fourth-order valence-electron chi connectivity index (χ4n) is 0.853. The van der Waals surface area contributed by atoms with E-state index < -0.39 is 51.4 Å². The van der Waals surface area contributed by atoms with E-state index in [1.807, 2.05) is 0 Å². The van der Waals surface area contributed by atoms with E-state index in [1.165, 1.54) is 0 Å². The van der Waals surface area contributed by atoms with Crippen LogP contribution in [-0.4, -0.2) is 23.8 Å². The van der Waals surface area contributed by atoms with Crippen LogP contribution in [0.4, 0.5) is 0 Å². The van der Waals surface area contributed by atoms with Gasteiger partial charge in [-0.1, -0.05) is 56.2 Å². The Labute approximate surface area is 237 Å². The van der Waals surface area contributed by atoms with Crippen LogP contribution in [0.3, 0.4) is 0 Å². The van der Waals surface area contributed by atoms with Crippen LogP contribution in [-0.2, 0) is 0 Å². The Morgan fingerprint density at radius 1 is 0.500 bits per heavy atom. The summed E-state index contributed by atoms with van der Waals surface area (Å²) in [5.74, 6) is -3.53. The maximum Gasteiger partial charge on any atom is 0.231 e. The molecule has 0 aromatic rings. The minimum absolute atomic E-state index is 0.773. The van der Waals surface area contributed by atoms with E-state index in [4.69, 9.17) is 161 Å². The SMILES string of the molecule is ClN1P(Cl)N=P(Cl)(Cl)N(Cl)P(Cl)N(Cl)P(Cl)N(Cl)P(Cl)N(Cl)P(Cl)N(Cl)P1Cl. The first-order valence-electron chi connectivity index (χ1n) is 5.17. The van der Waals surface area contributed by atoms with Gasteiger partial charge in [-0.15, -0.1) is 23.8 Å². The van der Waals surface area contributed by atoms with Gasteiger partial charge in [0.05, 0.1) is 0 Å². The lowest BCUT2D eigenvalue weighted by molar-refractivity contribution is 0.970. The molecule has 28 heteroatoms. The van der Waals surface area contributed by atoms with Gasteiger partial charge in [0.15, 0.2) is 37.9 Å². The molecule has 0 aromatic carbocycles. The zero-order chi connectivity index (χ0) is 22.1. The molecule has 1 heterocycles. The molecule has 0 amide bonds. The predicted molar refractivity (Wildman–Crippen MR) is 144 cm³/mol. The van der Waals surface area contributed by atoms with Gasteiger partial charge in [0.2, 0.25) is 13.5 Å². The maximum atomic E-state index is 6.26. The standard InChI is InChI=1S/Cl14N7P7/c1-16-22(7)15-28(13,14)21(6)27(12)20(5)26(11)19(4)25(10)18(3)24(9)17(2)23(16)8. The van der Waals surface area contributed by atoms with Crippen molar-refractivity contribution < 1.29 is 0 Å². The molecule has 0 spiro atoms. The number of rotatable bonds is 0. The molecule has 0 bridgehead atoms. The molecule has 6 unspecified atom stereocenters. The second-order valence-corrected chi connectivity index (χ2v) is 28.3. The van der Waals surface area contributed by atoms with Gasteiger partial charge < -0.3 is 0 Å². The smallest absolute Gasteiger partial charge is 0.201 e. The van der Waals surface area contributed by atoms with Crippen molar-refractivity contribution in [1.82, 2.24) is 23.8 Å². The lowest BCUT2D eigenvalue weighted by Gasteiger charge is -2.37. The van der Waals surface area contributed by atoms with Crippen LogP contribution in [0.5, 0.6) is 0 Å². The van der Waals surface area contributed by atoms with Crippen molar-refractivity contribution in [2.24, 2.45) is 4.52 Å². The molecular formula is Cl14N7P7. The molecule has 7 nitrogen and oxygen atoms in total. The van der Waals surface area contributed by atoms with Gasteiger partial charge in [-0.25, -0.2) is 4.52 Å². The Morgan fingerprint density at radius 3 is 1.14 bits per heavy atom. The third kappa shape index (κ3) is 8.59. The van der Waals surface area contributed by atoms with Crippen LogP contribution in [0.2, 0.25) is 0 Å². The summed E-state index contributed by atoms with van der Waals surface area (Å²) in [5.41, 5.74) is 0. The van der Waals surface area contributed by atoms with Crippen molar-refractivity contribution in [3.63, 3.8) is 0 Å². The Kier molecular flexibility index (Phi) is 17.0. The van der Waals surface area contributed by atoms with Crippen LogP contribution >= 0.6 is 212 Å². The molecule has 168 valence electrons. The third-order valence-electron chi connectivity index (χ3n) is 1.88.